The summed E-state index contributed by atoms with van der Waals surface area (Å²) in [5.41, 5.74) is 1.48. The first-order valence-corrected chi connectivity index (χ1v) is 3.88. The Balaban J connectivity index is 3.61. The topological polar surface area (TPSA) is 66.9 Å². The van der Waals surface area contributed by atoms with Crippen molar-refractivity contribution in [1.82, 2.24) is 0 Å². The maximum absolute atomic E-state index is 13.1. The number of primary amides is 1. The molecule has 2 N–H and O–H groups in total. The molecule has 84 valence electrons. The molecule has 0 aromatic heterocycles. The molecule has 16 heavy (non-hydrogen) atoms. The van der Waals surface area contributed by atoms with Crippen LogP contribution < -0.4 is 5.73 Å². The van der Waals surface area contributed by atoms with Gasteiger partial charge in [-0.3, -0.25) is 4.79 Å². The molecule has 7 heteroatoms. The van der Waals surface area contributed by atoms with E-state index in [0.717, 1.165) is 0 Å². The molecule has 0 heterocycles. The predicted molar refractivity (Wildman–Crippen MR) is 44.6 cm³/mol. The fourth-order valence-electron chi connectivity index (χ4n) is 1.15. The zero-order valence-corrected chi connectivity index (χ0v) is 7.60. The maximum Gasteiger partial charge on any atom is 0.420 e. The first kappa shape index (κ1) is 12.0. The number of halogens is 4. The molecular formula is C9H4F4N2O. The average Bonchev–Trinajstić information content (AvgIpc) is 2.14. The average molecular weight is 232 g/mol. The molecule has 0 fully saturated rings. The van der Waals surface area contributed by atoms with Gasteiger partial charge in [0.1, 0.15) is 11.4 Å². The highest BCUT2D eigenvalue weighted by atomic mass is 19.4. The van der Waals surface area contributed by atoms with Gasteiger partial charge in [0.05, 0.1) is 17.2 Å². The molecule has 1 aromatic rings. The normalized spacial score (nSPS) is 10.9. The van der Waals surface area contributed by atoms with E-state index in [2.05, 4.69) is 5.73 Å². The molecular weight excluding hydrogens is 228 g/mol. The lowest BCUT2D eigenvalue weighted by Gasteiger charge is -2.11. The summed E-state index contributed by atoms with van der Waals surface area (Å²) in [4.78, 5) is 10.7. The number of carbonyl (C=O) groups excluding carboxylic acids is 1. The Morgan fingerprint density at radius 2 is 1.94 bits per heavy atom. The molecule has 0 unspecified atom stereocenters. The molecule has 0 aliphatic heterocycles. The number of nitrogens with two attached hydrogens (primary N) is 1. The van der Waals surface area contributed by atoms with Crippen LogP contribution in [0.2, 0.25) is 0 Å². The van der Waals surface area contributed by atoms with Gasteiger partial charge in [-0.05, 0) is 12.1 Å². The van der Waals surface area contributed by atoms with Gasteiger partial charge in [0.15, 0.2) is 0 Å². The Bertz CT molecular complexity index is 488. The van der Waals surface area contributed by atoms with Crippen LogP contribution in [0.4, 0.5) is 17.6 Å². The fourth-order valence-corrected chi connectivity index (χ4v) is 1.15. The van der Waals surface area contributed by atoms with Gasteiger partial charge >= 0.3 is 6.18 Å². The van der Waals surface area contributed by atoms with Crippen molar-refractivity contribution in [3.63, 3.8) is 0 Å². The van der Waals surface area contributed by atoms with Crippen molar-refractivity contribution < 1.29 is 22.4 Å². The second-order valence-corrected chi connectivity index (χ2v) is 2.85. The van der Waals surface area contributed by atoms with E-state index < -0.39 is 34.6 Å². The minimum atomic E-state index is -5.04. The Labute approximate surface area is 87.1 Å². The molecule has 1 aromatic carbocycles. The number of rotatable bonds is 1. The summed E-state index contributed by atoms with van der Waals surface area (Å²) >= 11 is 0. The van der Waals surface area contributed by atoms with Gasteiger partial charge in [-0.25, -0.2) is 4.39 Å². The van der Waals surface area contributed by atoms with Crippen molar-refractivity contribution in [2.45, 2.75) is 6.18 Å². The monoisotopic (exact) mass is 232 g/mol. The van der Waals surface area contributed by atoms with Gasteiger partial charge in [-0.1, -0.05) is 0 Å². The minimum absolute atomic E-state index is 0.398. The Morgan fingerprint density at radius 3 is 2.31 bits per heavy atom. The van der Waals surface area contributed by atoms with Crippen LogP contribution in [0.25, 0.3) is 0 Å². The van der Waals surface area contributed by atoms with E-state index in [1.165, 1.54) is 6.07 Å². The lowest BCUT2D eigenvalue weighted by atomic mass is 10.0. The first-order valence-electron chi connectivity index (χ1n) is 3.88. The van der Waals surface area contributed by atoms with Crippen LogP contribution in [0.15, 0.2) is 12.1 Å². The van der Waals surface area contributed by atoms with E-state index >= 15 is 0 Å². The van der Waals surface area contributed by atoms with Crippen LogP contribution in [0.1, 0.15) is 21.5 Å². The summed E-state index contributed by atoms with van der Waals surface area (Å²) in [5.74, 6) is -3.14. The van der Waals surface area contributed by atoms with Gasteiger partial charge in [-0.2, -0.15) is 18.4 Å². The summed E-state index contributed by atoms with van der Waals surface area (Å²) in [5, 5.41) is 8.41. The number of amides is 1. The lowest BCUT2D eigenvalue weighted by molar-refractivity contribution is -0.140. The van der Waals surface area contributed by atoms with E-state index in [-0.39, 0.29) is 0 Å². The van der Waals surface area contributed by atoms with E-state index in [1.54, 1.807) is 0 Å². The number of nitriles is 1. The van der Waals surface area contributed by atoms with E-state index in [0.29, 0.717) is 12.1 Å². The van der Waals surface area contributed by atoms with Crippen molar-refractivity contribution >= 4 is 5.91 Å². The van der Waals surface area contributed by atoms with Crippen molar-refractivity contribution in [3.8, 4) is 6.07 Å². The number of nitrogens with zero attached hydrogens (tertiary/aromatic N) is 1. The van der Waals surface area contributed by atoms with Gasteiger partial charge in [0.2, 0.25) is 5.91 Å². The zero-order chi connectivity index (χ0) is 12.5. The minimum Gasteiger partial charge on any atom is -0.366 e. The maximum atomic E-state index is 13.1. The Morgan fingerprint density at radius 1 is 1.38 bits per heavy atom. The summed E-state index contributed by atoms with van der Waals surface area (Å²) < 4.78 is 50.2. The third kappa shape index (κ3) is 2.11. The molecule has 0 spiro atoms. The van der Waals surface area contributed by atoms with Gasteiger partial charge in [-0.15, -0.1) is 0 Å². The standard InChI is InChI=1S/C9H4F4N2O/c10-6-2-4(3-14)1-5(8(15)16)7(6)9(11,12)13/h1-2H,(H2,15,16). The number of hydrogen-bond donors (Lipinski definition) is 1. The SMILES string of the molecule is N#Cc1cc(F)c(C(F)(F)F)c(C(N)=O)c1. The lowest BCUT2D eigenvalue weighted by Crippen LogP contribution is -2.20. The number of hydrogen-bond acceptors (Lipinski definition) is 2. The molecule has 0 atom stereocenters. The number of carbonyl (C=O) groups is 1. The Hall–Kier alpha value is -2.10. The molecule has 0 saturated heterocycles. The molecule has 0 bridgehead atoms. The van der Waals surface area contributed by atoms with Crippen LogP contribution >= 0.6 is 0 Å². The van der Waals surface area contributed by atoms with Crippen molar-refractivity contribution in [2.24, 2.45) is 5.73 Å². The smallest absolute Gasteiger partial charge is 0.366 e. The van der Waals surface area contributed by atoms with E-state index in [4.69, 9.17) is 5.26 Å². The highest BCUT2D eigenvalue weighted by molar-refractivity contribution is 5.95. The summed E-state index contributed by atoms with van der Waals surface area (Å²) in [6.45, 7) is 0. The quantitative estimate of drug-likeness (QED) is 0.750. The summed E-state index contributed by atoms with van der Waals surface area (Å²) in [7, 11) is 0. The van der Waals surface area contributed by atoms with Crippen LogP contribution in [0, 0.1) is 17.1 Å². The molecule has 0 aliphatic carbocycles. The highest BCUT2D eigenvalue weighted by Gasteiger charge is 2.38. The van der Waals surface area contributed by atoms with Crippen LogP contribution in [0.5, 0.6) is 0 Å². The van der Waals surface area contributed by atoms with Crippen LogP contribution in [-0.2, 0) is 6.18 Å². The van der Waals surface area contributed by atoms with Gasteiger partial charge in [0, 0.05) is 0 Å². The number of benzene rings is 1. The molecule has 0 radical (unpaired) electrons. The fraction of sp³-hybridized carbons (Fsp3) is 0.111. The van der Waals surface area contributed by atoms with Crippen molar-refractivity contribution in [3.05, 3.63) is 34.6 Å². The largest absolute Gasteiger partial charge is 0.420 e. The van der Waals surface area contributed by atoms with Gasteiger partial charge in [0.25, 0.3) is 0 Å². The molecule has 0 saturated carbocycles. The first-order chi connectivity index (χ1) is 7.27. The second kappa shape index (κ2) is 3.81. The molecule has 3 nitrogen and oxygen atoms in total. The molecule has 1 amide bonds. The van der Waals surface area contributed by atoms with E-state index in [9.17, 15) is 22.4 Å². The molecule has 0 aliphatic rings. The third-order valence-electron chi connectivity index (χ3n) is 1.77. The Kier molecular flexibility index (Phi) is 2.85. The zero-order valence-electron chi connectivity index (χ0n) is 7.60. The molecule has 1 rings (SSSR count). The predicted octanol–water partition coefficient (Wildman–Crippen LogP) is 1.82. The van der Waals surface area contributed by atoms with Gasteiger partial charge < -0.3 is 5.73 Å². The van der Waals surface area contributed by atoms with Crippen molar-refractivity contribution in [2.75, 3.05) is 0 Å². The van der Waals surface area contributed by atoms with Crippen LogP contribution in [0.3, 0.4) is 0 Å². The highest BCUT2D eigenvalue weighted by Crippen LogP contribution is 2.34. The van der Waals surface area contributed by atoms with E-state index in [1.807, 2.05) is 0 Å². The van der Waals surface area contributed by atoms with Crippen LogP contribution in [-0.4, -0.2) is 5.91 Å². The second-order valence-electron chi connectivity index (χ2n) is 2.85. The van der Waals surface area contributed by atoms with Crippen molar-refractivity contribution in [1.29, 1.82) is 5.26 Å². The summed E-state index contributed by atoms with van der Waals surface area (Å²) in [6, 6.07) is 2.43. The summed E-state index contributed by atoms with van der Waals surface area (Å²) in [6.07, 6.45) is -5.04. The number of alkyl halides is 3. The third-order valence-corrected chi connectivity index (χ3v) is 1.77.